The molecule has 2 heterocycles. The minimum atomic E-state index is 0.638. The fourth-order valence-electron chi connectivity index (χ4n) is 2.76. The molecule has 0 saturated carbocycles. The largest absolute Gasteiger partial charge is 0.272 e. The number of aryl methyl sites for hydroxylation is 1. The van der Waals surface area contributed by atoms with E-state index < -0.39 is 0 Å². The topological polar surface area (TPSA) is 33.1 Å². The van der Waals surface area contributed by atoms with E-state index in [-0.39, 0.29) is 0 Å². The molecule has 4 heteroatoms. The van der Waals surface area contributed by atoms with Crippen LogP contribution in [0.25, 0.3) is 0 Å². The first-order chi connectivity index (χ1) is 8.70. The molecule has 1 aliphatic rings. The second-order valence-electron chi connectivity index (χ2n) is 5.48. The van der Waals surface area contributed by atoms with E-state index in [4.69, 9.17) is 0 Å². The maximum atomic E-state index is 4.37. The molecule has 1 aromatic heterocycles. The van der Waals surface area contributed by atoms with E-state index in [0.29, 0.717) is 12.1 Å². The minimum absolute atomic E-state index is 0.638. The summed E-state index contributed by atoms with van der Waals surface area (Å²) in [5.74, 6) is 0. The number of hydrogen-bond donors (Lipinski definition) is 1. The van der Waals surface area contributed by atoms with Gasteiger partial charge in [0.15, 0.2) is 0 Å². The lowest BCUT2D eigenvalue weighted by atomic mass is 10.00. The Labute approximate surface area is 110 Å². The van der Waals surface area contributed by atoms with Crippen LogP contribution in [0.15, 0.2) is 12.4 Å². The molecule has 1 fully saturated rings. The van der Waals surface area contributed by atoms with Crippen molar-refractivity contribution in [3.05, 3.63) is 18.0 Å². The van der Waals surface area contributed by atoms with Crippen LogP contribution in [0.5, 0.6) is 0 Å². The molecule has 102 valence electrons. The van der Waals surface area contributed by atoms with Crippen LogP contribution in [0.1, 0.15) is 52.0 Å². The highest BCUT2D eigenvalue weighted by molar-refractivity contribution is 5.03. The molecule has 0 aliphatic carbocycles. The number of aromatic nitrogens is 2. The zero-order valence-electron chi connectivity index (χ0n) is 11.9. The van der Waals surface area contributed by atoms with Crippen molar-refractivity contribution in [3.8, 4) is 0 Å². The number of rotatable bonds is 5. The zero-order valence-corrected chi connectivity index (χ0v) is 11.9. The Morgan fingerprint density at radius 1 is 1.33 bits per heavy atom. The van der Waals surface area contributed by atoms with Gasteiger partial charge in [0.1, 0.15) is 0 Å². The molecule has 2 unspecified atom stereocenters. The van der Waals surface area contributed by atoms with Gasteiger partial charge in [-0.1, -0.05) is 13.3 Å². The summed E-state index contributed by atoms with van der Waals surface area (Å²) in [5.41, 5.74) is 4.84. The normalized spacial score (nSPS) is 25.5. The smallest absolute Gasteiger partial charge is 0.0535 e. The van der Waals surface area contributed by atoms with E-state index in [1.807, 2.05) is 10.9 Å². The van der Waals surface area contributed by atoms with Gasteiger partial charge in [0.05, 0.1) is 6.20 Å². The number of piperidine rings is 1. The molecular weight excluding hydrogens is 224 g/mol. The van der Waals surface area contributed by atoms with Gasteiger partial charge in [0.25, 0.3) is 0 Å². The third kappa shape index (κ3) is 3.33. The van der Waals surface area contributed by atoms with E-state index in [0.717, 1.165) is 19.5 Å². The predicted octanol–water partition coefficient (Wildman–Crippen LogP) is 2.56. The molecule has 0 aromatic carbocycles. The second-order valence-corrected chi connectivity index (χ2v) is 5.48. The third-order valence-corrected chi connectivity index (χ3v) is 3.80. The van der Waals surface area contributed by atoms with Crippen LogP contribution in [0, 0.1) is 0 Å². The summed E-state index contributed by atoms with van der Waals surface area (Å²) in [6, 6.07) is 1.28. The van der Waals surface area contributed by atoms with E-state index in [1.54, 1.807) is 0 Å². The van der Waals surface area contributed by atoms with E-state index in [2.05, 4.69) is 42.5 Å². The highest BCUT2D eigenvalue weighted by atomic mass is 15.5. The average Bonchev–Trinajstić information content (AvgIpc) is 2.77. The molecule has 1 saturated heterocycles. The van der Waals surface area contributed by atoms with Gasteiger partial charge >= 0.3 is 0 Å². The Hall–Kier alpha value is -0.870. The molecule has 4 nitrogen and oxygen atoms in total. The molecule has 1 aromatic rings. The molecule has 1 aliphatic heterocycles. The zero-order chi connectivity index (χ0) is 13.0. The van der Waals surface area contributed by atoms with Gasteiger partial charge in [-0.2, -0.15) is 5.10 Å². The summed E-state index contributed by atoms with van der Waals surface area (Å²) >= 11 is 0. The summed E-state index contributed by atoms with van der Waals surface area (Å²) in [6.07, 6.45) is 9.21. The summed E-state index contributed by atoms with van der Waals surface area (Å²) in [7, 11) is 0. The number of nitrogens with one attached hydrogen (secondary N) is 1. The molecule has 0 bridgehead atoms. The van der Waals surface area contributed by atoms with Crippen molar-refractivity contribution in [2.75, 3.05) is 0 Å². The number of hydrazine groups is 1. The lowest BCUT2D eigenvalue weighted by Gasteiger charge is -2.39. The van der Waals surface area contributed by atoms with Gasteiger partial charge in [-0.05, 0) is 33.1 Å². The van der Waals surface area contributed by atoms with Crippen LogP contribution in [0.2, 0.25) is 0 Å². The molecule has 0 amide bonds. The number of nitrogens with zero attached hydrogens (tertiary/aromatic N) is 3. The van der Waals surface area contributed by atoms with Gasteiger partial charge in [0, 0.05) is 36.9 Å². The highest BCUT2D eigenvalue weighted by Crippen LogP contribution is 2.20. The minimum Gasteiger partial charge on any atom is -0.272 e. The van der Waals surface area contributed by atoms with Crippen molar-refractivity contribution in [1.82, 2.24) is 20.2 Å². The Morgan fingerprint density at radius 2 is 2.06 bits per heavy atom. The third-order valence-electron chi connectivity index (χ3n) is 3.80. The maximum Gasteiger partial charge on any atom is 0.0535 e. The van der Waals surface area contributed by atoms with Crippen molar-refractivity contribution < 1.29 is 0 Å². The Kier molecular flexibility index (Phi) is 4.78. The van der Waals surface area contributed by atoms with E-state index in [9.17, 15) is 0 Å². The molecule has 18 heavy (non-hydrogen) atoms. The van der Waals surface area contributed by atoms with Crippen LogP contribution < -0.4 is 5.43 Å². The number of hydrogen-bond acceptors (Lipinski definition) is 3. The quantitative estimate of drug-likeness (QED) is 0.872. The fraction of sp³-hybridized carbons (Fsp3) is 0.786. The monoisotopic (exact) mass is 250 g/mol. The predicted molar refractivity (Wildman–Crippen MR) is 74.0 cm³/mol. The Bertz CT molecular complexity index is 350. The van der Waals surface area contributed by atoms with E-state index in [1.165, 1.54) is 24.8 Å². The molecular formula is C14H26N4. The molecule has 0 spiro atoms. The summed E-state index contributed by atoms with van der Waals surface area (Å²) in [4.78, 5) is 0. The van der Waals surface area contributed by atoms with Gasteiger partial charge in [-0.3, -0.25) is 10.1 Å². The van der Waals surface area contributed by atoms with Crippen LogP contribution in [0.3, 0.4) is 0 Å². The first-order valence-electron chi connectivity index (χ1n) is 7.24. The van der Waals surface area contributed by atoms with Crippen LogP contribution in [-0.4, -0.2) is 26.9 Å². The first kappa shape index (κ1) is 13.6. The van der Waals surface area contributed by atoms with Crippen molar-refractivity contribution >= 4 is 0 Å². The van der Waals surface area contributed by atoms with Gasteiger partial charge in [-0.15, -0.1) is 0 Å². The SMILES string of the molecule is CCCn1cc(CNN2C(C)CCCC2C)cn1. The summed E-state index contributed by atoms with van der Waals surface area (Å²) < 4.78 is 2.03. The van der Waals surface area contributed by atoms with Gasteiger partial charge < -0.3 is 0 Å². The maximum absolute atomic E-state index is 4.37. The second kappa shape index (κ2) is 6.34. The Morgan fingerprint density at radius 3 is 2.72 bits per heavy atom. The van der Waals surface area contributed by atoms with Crippen molar-refractivity contribution in [1.29, 1.82) is 0 Å². The molecule has 2 rings (SSSR count). The van der Waals surface area contributed by atoms with E-state index >= 15 is 0 Å². The van der Waals surface area contributed by atoms with Gasteiger partial charge in [0.2, 0.25) is 0 Å². The van der Waals surface area contributed by atoms with Crippen molar-refractivity contribution in [2.24, 2.45) is 0 Å². The lowest BCUT2D eigenvalue weighted by molar-refractivity contribution is 0.0435. The fourth-order valence-corrected chi connectivity index (χ4v) is 2.76. The Balaban J connectivity index is 1.85. The molecule has 2 atom stereocenters. The van der Waals surface area contributed by atoms with Gasteiger partial charge in [-0.25, -0.2) is 5.01 Å². The van der Waals surface area contributed by atoms with Crippen molar-refractivity contribution in [2.45, 2.75) is 71.6 Å². The molecule has 0 radical (unpaired) electrons. The lowest BCUT2D eigenvalue weighted by Crippen LogP contribution is -2.51. The van der Waals surface area contributed by atoms with Crippen molar-refractivity contribution in [3.63, 3.8) is 0 Å². The van der Waals surface area contributed by atoms with Crippen LogP contribution in [-0.2, 0) is 13.1 Å². The average molecular weight is 250 g/mol. The molecule has 1 N–H and O–H groups in total. The standard InChI is InChI=1S/C14H26N4/c1-4-8-17-11-14(9-15-17)10-16-18-12(2)6-5-7-13(18)3/h9,11-13,16H,4-8,10H2,1-3H3. The van der Waals surface area contributed by atoms with Crippen LogP contribution in [0.4, 0.5) is 0 Å². The summed E-state index contributed by atoms with van der Waals surface area (Å²) in [6.45, 7) is 8.69. The highest BCUT2D eigenvalue weighted by Gasteiger charge is 2.24. The summed E-state index contributed by atoms with van der Waals surface area (Å²) in [5, 5.41) is 6.78. The van der Waals surface area contributed by atoms with Crippen LogP contribution >= 0.6 is 0 Å². The first-order valence-corrected chi connectivity index (χ1v) is 7.24.